The molecule has 1 saturated carbocycles. The van der Waals surface area contributed by atoms with Gasteiger partial charge >= 0.3 is 0 Å². The van der Waals surface area contributed by atoms with Crippen molar-refractivity contribution in [2.45, 2.75) is 31.3 Å². The first-order valence-corrected chi connectivity index (χ1v) is 9.25. The summed E-state index contributed by atoms with van der Waals surface area (Å²) in [5, 5.41) is 0. The highest BCUT2D eigenvalue weighted by Gasteiger charge is 2.54. The van der Waals surface area contributed by atoms with Gasteiger partial charge in [-0.05, 0) is 31.4 Å². The summed E-state index contributed by atoms with van der Waals surface area (Å²) in [4.78, 5) is 15.4. The van der Waals surface area contributed by atoms with Crippen LogP contribution < -0.4 is 4.74 Å². The van der Waals surface area contributed by atoms with E-state index in [1.807, 2.05) is 29.2 Å². The Kier molecular flexibility index (Phi) is 4.45. The lowest BCUT2D eigenvalue weighted by atomic mass is 9.92. The molecule has 1 amide bonds. The van der Waals surface area contributed by atoms with Crippen LogP contribution in [0.4, 0.5) is 0 Å². The number of hydrogen-bond acceptors (Lipinski definition) is 3. The van der Waals surface area contributed by atoms with Crippen molar-refractivity contribution in [1.82, 2.24) is 4.90 Å². The van der Waals surface area contributed by atoms with Gasteiger partial charge in [-0.3, -0.25) is 4.79 Å². The number of carbonyl (C=O) groups excluding carboxylic acids is 1. The average Bonchev–Trinajstić information content (AvgIpc) is 3.50. The van der Waals surface area contributed by atoms with E-state index in [4.69, 9.17) is 9.47 Å². The minimum absolute atomic E-state index is 0.0539. The number of nitrogens with zero attached hydrogens (tertiary/aromatic N) is 1. The minimum Gasteiger partial charge on any atom is -0.496 e. The minimum atomic E-state index is -0.415. The van der Waals surface area contributed by atoms with Crippen LogP contribution in [0, 0.1) is 6.92 Å². The van der Waals surface area contributed by atoms with Crippen molar-refractivity contribution in [2.75, 3.05) is 26.8 Å². The maximum absolute atomic E-state index is 13.4. The van der Waals surface area contributed by atoms with Crippen molar-refractivity contribution in [3.63, 3.8) is 0 Å². The van der Waals surface area contributed by atoms with Gasteiger partial charge < -0.3 is 14.4 Å². The van der Waals surface area contributed by atoms with Crippen LogP contribution in [0.3, 0.4) is 0 Å². The fourth-order valence-corrected chi connectivity index (χ4v) is 3.88. The number of amides is 1. The number of hydrogen-bond donors (Lipinski definition) is 0. The monoisotopic (exact) mass is 351 g/mol. The second kappa shape index (κ2) is 6.76. The molecule has 136 valence electrons. The van der Waals surface area contributed by atoms with E-state index in [0.29, 0.717) is 19.7 Å². The van der Waals surface area contributed by atoms with E-state index in [9.17, 15) is 4.79 Å². The third-order valence-corrected chi connectivity index (χ3v) is 5.58. The van der Waals surface area contributed by atoms with Gasteiger partial charge in [0, 0.05) is 12.1 Å². The summed E-state index contributed by atoms with van der Waals surface area (Å²) < 4.78 is 11.5. The topological polar surface area (TPSA) is 38.8 Å². The molecular formula is C22H25NO3. The quantitative estimate of drug-likeness (QED) is 0.844. The second-order valence-corrected chi connectivity index (χ2v) is 7.30. The first kappa shape index (κ1) is 17.1. The third kappa shape index (κ3) is 2.99. The zero-order chi connectivity index (χ0) is 18.1. The fraction of sp³-hybridized carbons (Fsp3) is 0.409. The molecule has 4 rings (SSSR count). The summed E-state index contributed by atoms with van der Waals surface area (Å²) in [6.07, 6.45) is 1.72. The first-order valence-electron chi connectivity index (χ1n) is 9.25. The highest BCUT2D eigenvalue weighted by atomic mass is 16.5. The standard InChI is InChI=1S/C22H25NO3/c1-16-7-9-17(10-8-16)20-15-23(13-14-26-20)21(24)22(11-12-22)18-5-3-4-6-19(18)25-2/h3-10,20H,11-15H2,1-2H3. The first-order chi connectivity index (χ1) is 12.6. The molecule has 0 bridgehead atoms. The number of morpholine rings is 1. The molecule has 2 fully saturated rings. The summed E-state index contributed by atoms with van der Waals surface area (Å²) in [5.74, 6) is 1.02. The van der Waals surface area contributed by atoms with Crippen LogP contribution in [0.25, 0.3) is 0 Å². The maximum atomic E-state index is 13.4. The van der Waals surface area contributed by atoms with Crippen molar-refractivity contribution in [3.05, 3.63) is 65.2 Å². The molecule has 4 heteroatoms. The summed E-state index contributed by atoms with van der Waals surface area (Å²) in [6.45, 7) is 3.91. The summed E-state index contributed by atoms with van der Waals surface area (Å²) in [5.41, 5.74) is 2.97. The van der Waals surface area contributed by atoms with E-state index >= 15 is 0 Å². The van der Waals surface area contributed by atoms with Crippen LogP contribution in [-0.2, 0) is 14.9 Å². The molecule has 2 aliphatic rings. The molecule has 1 aliphatic heterocycles. The van der Waals surface area contributed by atoms with Gasteiger partial charge in [0.25, 0.3) is 0 Å². The fourth-order valence-electron chi connectivity index (χ4n) is 3.88. The Morgan fingerprint density at radius 2 is 1.88 bits per heavy atom. The number of ether oxygens (including phenoxy) is 2. The van der Waals surface area contributed by atoms with Gasteiger partial charge in [0.15, 0.2) is 0 Å². The molecule has 1 saturated heterocycles. The molecule has 0 radical (unpaired) electrons. The molecule has 1 atom stereocenters. The van der Waals surface area contributed by atoms with Crippen molar-refractivity contribution >= 4 is 5.91 Å². The largest absolute Gasteiger partial charge is 0.496 e. The normalized spacial score (nSPS) is 21.3. The Morgan fingerprint density at radius 3 is 2.58 bits per heavy atom. The van der Waals surface area contributed by atoms with Crippen LogP contribution in [0.2, 0.25) is 0 Å². The van der Waals surface area contributed by atoms with E-state index in [1.165, 1.54) is 5.56 Å². The van der Waals surface area contributed by atoms with E-state index in [0.717, 1.165) is 29.7 Å². The maximum Gasteiger partial charge on any atom is 0.233 e. The Balaban J connectivity index is 1.55. The Bertz CT molecular complexity index is 795. The van der Waals surface area contributed by atoms with Crippen LogP contribution in [0.15, 0.2) is 48.5 Å². The molecule has 1 aliphatic carbocycles. The van der Waals surface area contributed by atoms with Gasteiger partial charge in [0.2, 0.25) is 5.91 Å². The lowest BCUT2D eigenvalue weighted by Crippen LogP contribution is -2.46. The van der Waals surface area contributed by atoms with Gasteiger partial charge in [-0.1, -0.05) is 48.0 Å². The van der Waals surface area contributed by atoms with Crippen molar-refractivity contribution < 1.29 is 14.3 Å². The van der Waals surface area contributed by atoms with Gasteiger partial charge in [-0.15, -0.1) is 0 Å². The number of carbonyl (C=O) groups is 1. The van der Waals surface area contributed by atoms with Gasteiger partial charge in [0.05, 0.1) is 25.7 Å². The number of rotatable bonds is 4. The Labute approximate surface area is 154 Å². The molecule has 0 spiro atoms. The highest BCUT2D eigenvalue weighted by Crippen LogP contribution is 2.52. The number of aryl methyl sites for hydroxylation is 1. The van der Waals surface area contributed by atoms with Crippen LogP contribution in [0.5, 0.6) is 5.75 Å². The zero-order valence-electron chi connectivity index (χ0n) is 15.4. The smallest absolute Gasteiger partial charge is 0.233 e. The van der Waals surface area contributed by atoms with Crippen molar-refractivity contribution in [2.24, 2.45) is 0 Å². The SMILES string of the molecule is COc1ccccc1C1(C(=O)N2CCOC(c3ccc(C)cc3)C2)CC1. The van der Waals surface area contributed by atoms with E-state index in [1.54, 1.807) is 7.11 Å². The summed E-state index contributed by atoms with van der Waals surface area (Å²) in [7, 11) is 1.67. The number of methoxy groups -OCH3 is 1. The average molecular weight is 351 g/mol. The summed E-state index contributed by atoms with van der Waals surface area (Å²) >= 11 is 0. The second-order valence-electron chi connectivity index (χ2n) is 7.30. The predicted octanol–water partition coefficient (Wildman–Crippen LogP) is 3.64. The molecule has 4 nitrogen and oxygen atoms in total. The summed E-state index contributed by atoms with van der Waals surface area (Å²) in [6, 6.07) is 16.3. The van der Waals surface area contributed by atoms with Crippen LogP contribution in [-0.4, -0.2) is 37.6 Å². The zero-order valence-corrected chi connectivity index (χ0v) is 15.4. The van der Waals surface area contributed by atoms with E-state index < -0.39 is 5.41 Å². The lowest BCUT2D eigenvalue weighted by Gasteiger charge is -2.35. The van der Waals surface area contributed by atoms with Crippen LogP contribution in [0.1, 0.15) is 35.6 Å². The molecule has 2 aromatic rings. The molecular weight excluding hydrogens is 326 g/mol. The highest BCUT2D eigenvalue weighted by molar-refractivity contribution is 5.92. The van der Waals surface area contributed by atoms with E-state index in [2.05, 4.69) is 31.2 Å². The van der Waals surface area contributed by atoms with Gasteiger partial charge in [-0.2, -0.15) is 0 Å². The molecule has 26 heavy (non-hydrogen) atoms. The predicted molar refractivity (Wildman–Crippen MR) is 100 cm³/mol. The molecule has 0 aromatic heterocycles. The van der Waals surface area contributed by atoms with E-state index in [-0.39, 0.29) is 12.0 Å². The molecule has 1 unspecified atom stereocenters. The van der Waals surface area contributed by atoms with Crippen LogP contribution >= 0.6 is 0 Å². The van der Waals surface area contributed by atoms with Gasteiger partial charge in [0.1, 0.15) is 11.9 Å². The molecule has 1 heterocycles. The molecule has 2 aromatic carbocycles. The molecule has 0 N–H and O–H groups in total. The number of benzene rings is 2. The lowest BCUT2D eigenvalue weighted by molar-refractivity contribution is -0.141. The van der Waals surface area contributed by atoms with Crippen molar-refractivity contribution in [1.29, 1.82) is 0 Å². The Morgan fingerprint density at radius 1 is 1.15 bits per heavy atom. The van der Waals surface area contributed by atoms with Gasteiger partial charge in [-0.25, -0.2) is 0 Å². The Hall–Kier alpha value is -2.33. The third-order valence-electron chi connectivity index (χ3n) is 5.58. The van der Waals surface area contributed by atoms with Crippen molar-refractivity contribution in [3.8, 4) is 5.75 Å². The number of para-hydroxylation sites is 1.